The summed E-state index contributed by atoms with van der Waals surface area (Å²) in [6.45, 7) is 5.23. The second-order valence-electron chi connectivity index (χ2n) is 4.22. The molecule has 0 atom stereocenters. The molecule has 0 bridgehead atoms. The molecule has 0 radical (unpaired) electrons. The monoisotopic (exact) mass is 269 g/mol. The summed E-state index contributed by atoms with van der Waals surface area (Å²) in [5.74, 6) is 0. The van der Waals surface area contributed by atoms with Crippen LogP contribution in [0.15, 0.2) is 28.7 Å². The highest BCUT2D eigenvalue weighted by atomic mass is 79.9. The summed E-state index contributed by atoms with van der Waals surface area (Å²) in [5, 5.41) is 0. The molecule has 1 aromatic rings. The number of hydrogen-bond acceptors (Lipinski definition) is 1. The Morgan fingerprint density at radius 1 is 1.27 bits per heavy atom. The van der Waals surface area contributed by atoms with Gasteiger partial charge in [-0.15, -0.1) is 0 Å². The molecular weight excluding hydrogens is 250 g/mol. The van der Waals surface area contributed by atoms with Gasteiger partial charge in [-0.1, -0.05) is 41.9 Å². The SMILES string of the molecule is CCC(CC)(CN)Cc1cccc(Br)c1. The van der Waals surface area contributed by atoms with Gasteiger partial charge in [-0.25, -0.2) is 0 Å². The average Bonchev–Trinajstić information content (AvgIpc) is 2.26. The second kappa shape index (κ2) is 5.66. The fourth-order valence-corrected chi connectivity index (χ4v) is 2.39. The van der Waals surface area contributed by atoms with Gasteiger partial charge in [-0.05, 0) is 48.9 Å². The van der Waals surface area contributed by atoms with E-state index in [0.29, 0.717) is 0 Å². The van der Waals surface area contributed by atoms with Gasteiger partial charge >= 0.3 is 0 Å². The van der Waals surface area contributed by atoms with Gasteiger partial charge in [0.25, 0.3) is 0 Å². The van der Waals surface area contributed by atoms with Crippen molar-refractivity contribution in [3.05, 3.63) is 34.3 Å². The van der Waals surface area contributed by atoms with Crippen molar-refractivity contribution in [2.45, 2.75) is 33.1 Å². The molecule has 84 valence electrons. The number of benzene rings is 1. The molecule has 0 heterocycles. The maximum atomic E-state index is 5.90. The van der Waals surface area contributed by atoms with Gasteiger partial charge in [0.1, 0.15) is 0 Å². The lowest BCUT2D eigenvalue weighted by Crippen LogP contribution is -2.31. The Balaban J connectivity index is 2.82. The van der Waals surface area contributed by atoms with Gasteiger partial charge in [-0.2, -0.15) is 0 Å². The molecule has 0 fully saturated rings. The quantitative estimate of drug-likeness (QED) is 0.866. The summed E-state index contributed by atoms with van der Waals surface area (Å²) in [4.78, 5) is 0. The van der Waals surface area contributed by atoms with Crippen LogP contribution in [0.25, 0.3) is 0 Å². The number of rotatable bonds is 5. The largest absolute Gasteiger partial charge is 0.330 e. The first kappa shape index (κ1) is 12.7. The van der Waals surface area contributed by atoms with Crippen LogP contribution in [0.2, 0.25) is 0 Å². The van der Waals surface area contributed by atoms with E-state index in [9.17, 15) is 0 Å². The summed E-state index contributed by atoms with van der Waals surface area (Å²) in [6.07, 6.45) is 3.37. The molecule has 0 aliphatic heterocycles. The minimum Gasteiger partial charge on any atom is -0.330 e. The summed E-state index contributed by atoms with van der Waals surface area (Å²) in [5.41, 5.74) is 7.56. The van der Waals surface area contributed by atoms with Crippen LogP contribution in [0.5, 0.6) is 0 Å². The smallest absolute Gasteiger partial charge is 0.0177 e. The standard InChI is InChI=1S/C13H20BrN/c1-3-13(4-2,10-15)9-11-6-5-7-12(14)8-11/h5-8H,3-4,9-10,15H2,1-2H3. The maximum Gasteiger partial charge on any atom is 0.0177 e. The third kappa shape index (κ3) is 3.32. The number of halogens is 1. The van der Waals surface area contributed by atoms with E-state index in [1.54, 1.807) is 0 Å². The second-order valence-corrected chi connectivity index (χ2v) is 5.13. The van der Waals surface area contributed by atoms with E-state index in [-0.39, 0.29) is 5.41 Å². The Labute approximate surface area is 101 Å². The number of hydrogen-bond donors (Lipinski definition) is 1. The first-order valence-corrected chi connectivity index (χ1v) is 6.39. The molecule has 1 nitrogen and oxygen atoms in total. The number of nitrogens with two attached hydrogens (primary N) is 1. The Bertz CT molecular complexity index is 297. The van der Waals surface area contributed by atoms with Gasteiger partial charge in [0, 0.05) is 4.47 Å². The van der Waals surface area contributed by atoms with Gasteiger partial charge < -0.3 is 5.73 Å². The third-order valence-corrected chi connectivity index (χ3v) is 3.89. The first-order valence-electron chi connectivity index (χ1n) is 5.60. The van der Waals surface area contributed by atoms with Crippen LogP contribution >= 0.6 is 15.9 Å². The average molecular weight is 270 g/mol. The molecule has 1 rings (SSSR count). The van der Waals surface area contributed by atoms with Crippen LogP contribution < -0.4 is 5.73 Å². The Morgan fingerprint density at radius 2 is 1.93 bits per heavy atom. The highest BCUT2D eigenvalue weighted by molar-refractivity contribution is 9.10. The summed E-state index contributed by atoms with van der Waals surface area (Å²) in [6, 6.07) is 8.52. The predicted octanol–water partition coefficient (Wildman–Crippen LogP) is 3.76. The van der Waals surface area contributed by atoms with Crippen molar-refractivity contribution in [3.8, 4) is 0 Å². The van der Waals surface area contributed by atoms with Crippen molar-refractivity contribution in [1.82, 2.24) is 0 Å². The molecular formula is C13H20BrN. The lowest BCUT2D eigenvalue weighted by Gasteiger charge is -2.30. The van der Waals surface area contributed by atoms with Crippen LogP contribution in [-0.2, 0) is 6.42 Å². The fourth-order valence-electron chi connectivity index (χ4n) is 1.94. The van der Waals surface area contributed by atoms with Gasteiger partial charge in [-0.3, -0.25) is 0 Å². The molecule has 1 aromatic carbocycles. The van der Waals surface area contributed by atoms with E-state index in [4.69, 9.17) is 5.73 Å². The zero-order chi connectivity index (χ0) is 11.3. The molecule has 0 saturated carbocycles. The summed E-state index contributed by atoms with van der Waals surface area (Å²) >= 11 is 3.50. The zero-order valence-electron chi connectivity index (χ0n) is 9.59. The normalized spacial score (nSPS) is 11.7. The predicted molar refractivity (Wildman–Crippen MR) is 69.9 cm³/mol. The summed E-state index contributed by atoms with van der Waals surface area (Å²) in [7, 11) is 0. The van der Waals surface area contributed by atoms with Crippen LogP contribution in [0, 0.1) is 5.41 Å². The van der Waals surface area contributed by atoms with Gasteiger partial charge in [0.15, 0.2) is 0 Å². The van der Waals surface area contributed by atoms with Gasteiger partial charge in [0.2, 0.25) is 0 Å². The van der Waals surface area contributed by atoms with Crippen molar-refractivity contribution < 1.29 is 0 Å². The van der Waals surface area contributed by atoms with E-state index in [0.717, 1.165) is 30.3 Å². The lowest BCUT2D eigenvalue weighted by atomic mass is 9.77. The maximum absolute atomic E-state index is 5.90. The minimum atomic E-state index is 0.279. The van der Waals surface area contributed by atoms with Crippen LogP contribution in [0.3, 0.4) is 0 Å². The minimum absolute atomic E-state index is 0.279. The first-order chi connectivity index (χ1) is 7.15. The highest BCUT2D eigenvalue weighted by Gasteiger charge is 2.24. The van der Waals surface area contributed by atoms with E-state index >= 15 is 0 Å². The lowest BCUT2D eigenvalue weighted by molar-refractivity contribution is 0.271. The van der Waals surface area contributed by atoms with Crippen molar-refractivity contribution in [3.63, 3.8) is 0 Å². The van der Waals surface area contributed by atoms with E-state index < -0.39 is 0 Å². The summed E-state index contributed by atoms with van der Waals surface area (Å²) < 4.78 is 1.15. The van der Waals surface area contributed by atoms with Crippen molar-refractivity contribution in [2.75, 3.05) is 6.54 Å². The fraction of sp³-hybridized carbons (Fsp3) is 0.538. The van der Waals surface area contributed by atoms with E-state index in [1.165, 1.54) is 5.56 Å². The molecule has 0 aliphatic carbocycles. The van der Waals surface area contributed by atoms with Crippen LogP contribution in [-0.4, -0.2) is 6.54 Å². The van der Waals surface area contributed by atoms with E-state index in [1.807, 2.05) is 0 Å². The topological polar surface area (TPSA) is 26.0 Å². The molecule has 0 saturated heterocycles. The molecule has 0 spiro atoms. The third-order valence-electron chi connectivity index (χ3n) is 3.40. The van der Waals surface area contributed by atoms with Crippen LogP contribution in [0.1, 0.15) is 32.3 Å². The zero-order valence-corrected chi connectivity index (χ0v) is 11.2. The van der Waals surface area contributed by atoms with Crippen molar-refractivity contribution in [1.29, 1.82) is 0 Å². The van der Waals surface area contributed by atoms with Gasteiger partial charge in [0.05, 0.1) is 0 Å². The van der Waals surface area contributed by atoms with E-state index in [2.05, 4.69) is 54.0 Å². The Kier molecular flexibility index (Phi) is 4.81. The molecule has 2 N–H and O–H groups in total. The molecule has 0 aromatic heterocycles. The van der Waals surface area contributed by atoms with Crippen LogP contribution in [0.4, 0.5) is 0 Å². The molecule has 0 amide bonds. The van der Waals surface area contributed by atoms with Crippen molar-refractivity contribution >= 4 is 15.9 Å². The molecule has 0 unspecified atom stereocenters. The Morgan fingerprint density at radius 3 is 2.40 bits per heavy atom. The Hall–Kier alpha value is -0.340. The molecule has 2 heteroatoms. The van der Waals surface area contributed by atoms with Crippen molar-refractivity contribution in [2.24, 2.45) is 11.1 Å². The molecule has 15 heavy (non-hydrogen) atoms. The highest BCUT2D eigenvalue weighted by Crippen LogP contribution is 2.30. The molecule has 0 aliphatic rings.